The molecule has 6 nitrogen and oxygen atoms in total. The van der Waals surface area contributed by atoms with E-state index in [2.05, 4.69) is 77.9 Å². The molecule has 0 spiro atoms. The van der Waals surface area contributed by atoms with E-state index in [-0.39, 0.29) is 0 Å². The van der Waals surface area contributed by atoms with E-state index >= 15 is 0 Å². The van der Waals surface area contributed by atoms with Crippen LogP contribution in [-0.2, 0) is 6.42 Å². The van der Waals surface area contributed by atoms with Crippen LogP contribution in [0, 0.1) is 0 Å². The van der Waals surface area contributed by atoms with Gasteiger partial charge in [0.1, 0.15) is 11.7 Å². The molecule has 0 aromatic carbocycles. The smallest absolute Gasteiger partial charge is 0.129 e. The Bertz CT molecular complexity index is 893. The Balaban J connectivity index is 1.27. The standard InChI is InChI=1S/C25H36N6/c1-18-14-30(15-19(2)29(18)4)24-12-6-11-23-27-21(17-31(23)24)16-28(3)22-10-5-8-20-9-7-13-26-25(20)22/h6-7,9,11-13,18-19,21-22H,5,8,10,14-17H2,1-4H3. The third kappa shape index (κ3) is 3.92. The van der Waals surface area contributed by atoms with Gasteiger partial charge < -0.3 is 9.80 Å². The van der Waals surface area contributed by atoms with E-state index in [4.69, 9.17) is 9.98 Å². The number of pyridine rings is 1. The Morgan fingerprint density at radius 3 is 2.77 bits per heavy atom. The fourth-order valence-corrected chi connectivity index (χ4v) is 5.70. The molecule has 1 fully saturated rings. The lowest BCUT2D eigenvalue weighted by Crippen LogP contribution is -2.56. The Kier molecular flexibility index (Phi) is 5.61. The third-order valence-electron chi connectivity index (χ3n) is 7.63. The van der Waals surface area contributed by atoms with Crippen LogP contribution in [0.2, 0.25) is 0 Å². The molecular formula is C25H36N6. The molecule has 1 saturated heterocycles. The van der Waals surface area contributed by atoms with Gasteiger partial charge in [0.15, 0.2) is 0 Å². The van der Waals surface area contributed by atoms with Crippen LogP contribution in [0.3, 0.4) is 0 Å². The third-order valence-corrected chi connectivity index (χ3v) is 7.63. The van der Waals surface area contributed by atoms with Gasteiger partial charge in [0.05, 0.1) is 17.8 Å². The van der Waals surface area contributed by atoms with Gasteiger partial charge in [-0.05, 0) is 71.0 Å². The molecule has 166 valence electrons. The number of hydrogen-bond acceptors (Lipinski definition) is 6. The largest absolute Gasteiger partial charge is 0.355 e. The summed E-state index contributed by atoms with van der Waals surface area (Å²) in [6.45, 7) is 8.73. The first-order chi connectivity index (χ1) is 15.0. The maximum atomic E-state index is 5.11. The minimum absolute atomic E-state index is 0.294. The first-order valence-corrected chi connectivity index (χ1v) is 11.9. The molecule has 3 aliphatic heterocycles. The van der Waals surface area contributed by atoms with E-state index in [9.17, 15) is 0 Å². The van der Waals surface area contributed by atoms with Crippen LogP contribution in [0.25, 0.3) is 0 Å². The van der Waals surface area contributed by atoms with E-state index in [0.717, 1.165) is 38.4 Å². The highest BCUT2D eigenvalue weighted by Gasteiger charge is 2.35. The number of aliphatic imine (C=N–C) groups is 1. The van der Waals surface area contributed by atoms with E-state index in [1.54, 1.807) is 0 Å². The topological polar surface area (TPSA) is 38.2 Å². The molecular weight excluding hydrogens is 384 g/mol. The highest BCUT2D eigenvalue weighted by atomic mass is 15.4. The van der Waals surface area contributed by atoms with Gasteiger partial charge in [0.2, 0.25) is 0 Å². The van der Waals surface area contributed by atoms with Crippen molar-refractivity contribution in [3.63, 3.8) is 0 Å². The van der Waals surface area contributed by atoms with Gasteiger partial charge >= 0.3 is 0 Å². The lowest BCUT2D eigenvalue weighted by atomic mass is 9.91. The Morgan fingerprint density at radius 2 is 1.97 bits per heavy atom. The Hall–Kier alpha value is -2.18. The molecule has 4 atom stereocenters. The van der Waals surface area contributed by atoms with Crippen molar-refractivity contribution in [2.24, 2.45) is 4.99 Å². The average molecular weight is 421 g/mol. The van der Waals surface area contributed by atoms with Crippen molar-refractivity contribution in [2.45, 2.75) is 57.3 Å². The Morgan fingerprint density at radius 1 is 1.16 bits per heavy atom. The molecule has 0 amide bonds. The highest BCUT2D eigenvalue weighted by Crippen LogP contribution is 2.33. The zero-order valence-electron chi connectivity index (χ0n) is 19.4. The van der Waals surface area contributed by atoms with E-state index in [1.807, 2.05) is 6.20 Å². The number of allylic oxidation sites excluding steroid dienone is 2. The van der Waals surface area contributed by atoms with Crippen molar-refractivity contribution in [1.29, 1.82) is 0 Å². The van der Waals surface area contributed by atoms with Gasteiger partial charge in [0.25, 0.3) is 0 Å². The lowest BCUT2D eigenvalue weighted by molar-refractivity contribution is 0.0668. The molecule has 0 bridgehead atoms. The van der Waals surface area contributed by atoms with Gasteiger partial charge in [-0.3, -0.25) is 19.8 Å². The average Bonchev–Trinajstić information content (AvgIpc) is 3.19. The van der Waals surface area contributed by atoms with Crippen LogP contribution in [0.4, 0.5) is 0 Å². The van der Waals surface area contributed by atoms with Crippen molar-refractivity contribution in [3.8, 4) is 0 Å². The molecule has 1 aliphatic carbocycles. The van der Waals surface area contributed by atoms with Gasteiger partial charge in [0, 0.05) is 44.5 Å². The number of hydrogen-bond donors (Lipinski definition) is 0. The molecule has 0 radical (unpaired) electrons. The van der Waals surface area contributed by atoms with Crippen LogP contribution in [0.15, 0.2) is 47.4 Å². The monoisotopic (exact) mass is 420 g/mol. The molecule has 5 rings (SSSR count). The number of nitrogens with zero attached hydrogens (tertiary/aromatic N) is 6. The number of fused-ring (bicyclic) bond motifs is 2. The summed E-state index contributed by atoms with van der Waals surface area (Å²) in [4.78, 5) is 19.8. The number of aromatic nitrogens is 1. The van der Waals surface area contributed by atoms with Crippen molar-refractivity contribution < 1.29 is 0 Å². The molecule has 4 heterocycles. The first-order valence-electron chi connectivity index (χ1n) is 11.9. The van der Waals surface area contributed by atoms with Gasteiger partial charge in [-0.1, -0.05) is 12.1 Å². The molecule has 1 aromatic heterocycles. The minimum Gasteiger partial charge on any atom is -0.355 e. The number of rotatable bonds is 4. The van der Waals surface area contributed by atoms with Crippen LogP contribution in [0.5, 0.6) is 0 Å². The summed E-state index contributed by atoms with van der Waals surface area (Å²) in [7, 11) is 4.50. The van der Waals surface area contributed by atoms with Crippen molar-refractivity contribution in [3.05, 3.63) is 53.6 Å². The normalized spacial score (nSPS) is 30.9. The van der Waals surface area contributed by atoms with Crippen molar-refractivity contribution in [2.75, 3.05) is 40.3 Å². The quantitative estimate of drug-likeness (QED) is 0.749. The van der Waals surface area contributed by atoms with Crippen molar-refractivity contribution >= 4 is 5.84 Å². The lowest BCUT2D eigenvalue weighted by Gasteiger charge is -2.46. The van der Waals surface area contributed by atoms with Crippen LogP contribution < -0.4 is 0 Å². The number of amidine groups is 1. The second kappa shape index (κ2) is 8.40. The number of likely N-dealkylation sites (N-methyl/N-ethyl adjacent to an activating group) is 2. The van der Waals surface area contributed by atoms with E-state index in [0.29, 0.717) is 24.2 Å². The summed E-state index contributed by atoms with van der Waals surface area (Å²) < 4.78 is 0. The summed E-state index contributed by atoms with van der Waals surface area (Å²) >= 11 is 0. The molecule has 4 unspecified atom stereocenters. The molecule has 31 heavy (non-hydrogen) atoms. The molecule has 0 N–H and O–H groups in total. The summed E-state index contributed by atoms with van der Waals surface area (Å²) in [5.74, 6) is 2.44. The fourth-order valence-electron chi connectivity index (χ4n) is 5.70. The zero-order valence-corrected chi connectivity index (χ0v) is 19.4. The number of aryl methyl sites for hydroxylation is 1. The first kappa shape index (κ1) is 20.7. The van der Waals surface area contributed by atoms with Gasteiger partial charge in [-0.2, -0.15) is 0 Å². The fraction of sp³-hybridized carbons (Fsp3) is 0.600. The van der Waals surface area contributed by atoms with Crippen molar-refractivity contribution in [1.82, 2.24) is 24.6 Å². The molecule has 4 aliphatic rings. The van der Waals surface area contributed by atoms with E-state index < -0.39 is 0 Å². The maximum absolute atomic E-state index is 5.11. The van der Waals surface area contributed by atoms with Gasteiger partial charge in [-0.15, -0.1) is 0 Å². The second-order valence-corrected chi connectivity index (χ2v) is 9.80. The maximum Gasteiger partial charge on any atom is 0.129 e. The zero-order chi connectivity index (χ0) is 21.5. The summed E-state index contributed by atoms with van der Waals surface area (Å²) in [6.07, 6.45) is 12.2. The van der Waals surface area contributed by atoms with E-state index in [1.165, 1.54) is 29.9 Å². The molecule has 1 aromatic rings. The summed E-state index contributed by atoms with van der Waals surface area (Å²) in [5, 5.41) is 0. The number of piperazine rings is 1. The van der Waals surface area contributed by atoms with Crippen LogP contribution >= 0.6 is 0 Å². The predicted octanol–water partition coefficient (Wildman–Crippen LogP) is 2.91. The molecule has 6 heteroatoms. The Labute approximate surface area is 186 Å². The van der Waals surface area contributed by atoms with Gasteiger partial charge in [-0.25, -0.2) is 0 Å². The predicted molar refractivity (Wildman–Crippen MR) is 126 cm³/mol. The second-order valence-electron chi connectivity index (χ2n) is 9.80. The summed E-state index contributed by atoms with van der Waals surface area (Å²) in [6, 6.07) is 6.13. The van der Waals surface area contributed by atoms with Crippen LogP contribution in [-0.4, -0.2) is 88.8 Å². The molecule has 0 saturated carbocycles. The summed E-state index contributed by atoms with van der Waals surface area (Å²) in [5.41, 5.74) is 2.70. The van der Waals surface area contributed by atoms with Crippen LogP contribution in [0.1, 0.15) is 44.0 Å². The minimum atomic E-state index is 0.294. The SMILES string of the molecule is CC1CN(C2=CC=CC3=NC(CN(C)C4CCCc5cccnc54)CN23)CC(C)N1C. The highest BCUT2D eigenvalue weighted by molar-refractivity contribution is 5.96.